The van der Waals surface area contributed by atoms with Crippen LogP contribution in [0.25, 0.3) is 0 Å². The van der Waals surface area contributed by atoms with Crippen molar-refractivity contribution in [2.75, 3.05) is 0 Å². The molecule has 2 aliphatic rings. The summed E-state index contributed by atoms with van der Waals surface area (Å²) in [4.78, 5) is 23.2. The Balaban J connectivity index is 2.05. The Morgan fingerprint density at radius 1 is 1.13 bits per heavy atom. The summed E-state index contributed by atoms with van der Waals surface area (Å²) in [5.74, 6) is -0.876. The van der Waals surface area contributed by atoms with Crippen molar-refractivity contribution in [3.8, 4) is 0 Å². The Hall–Kier alpha value is -1.17. The van der Waals surface area contributed by atoms with Crippen molar-refractivity contribution in [3.63, 3.8) is 0 Å². The molecule has 2 rings (SSSR count). The second kappa shape index (κ2) is 2.91. The van der Waals surface area contributed by atoms with E-state index in [9.17, 15) is 9.59 Å². The molecule has 2 aliphatic carbocycles. The zero-order valence-corrected chi connectivity index (χ0v) is 9.02. The van der Waals surface area contributed by atoms with Gasteiger partial charge < -0.3 is 16.8 Å². The molecule has 0 heterocycles. The monoisotopic (exact) mass is 227 g/mol. The lowest BCUT2D eigenvalue weighted by atomic mass is 10.0. The van der Waals surface area contributed by atoms with Gasteiger partial charge in [0, 0.05) is 0 Å². The topological polar surface area (TPSA) is 98.2 Å². The number of hydrogen-bond acceptors (Lipinski definition) is 3. The van der Waals surface area contributed by atoms with Crippen molar-refractivity contribution in [1.29, 1.82) is 0 Å². The van der Waals surface area contributed by atoms with Crippen LogP contribution < -0.4 is 16.8 Å². The van der Waals surface area contributed by atoms with E-state index >= 15 is 0 Å². The highest BCUT2D eigenvalue weighted by Gasteiger charge is 2.59. The summed E-state index contributed by atoms with van der Waals surface area (Å²) in [5, 5.41) is 2.74. The number of thiocarbonyl (C=S) groups is 1. The van der Waals surface area contributed by atoms with Gasteiger partial charge in [-0.1, -0.05) is 12.2 Å². The fourth-order valence-corrected chi connectivity index (χ4v) is 1.86. The Morgan fingerprint density at radius 3 is 1.93 bits per heavy atom. The van der Waals surface area contributed by atoms with Gasteiger partial charge in [-0.2, -0.15) is 0 Å². The van der Waals surface area contributed by atoms with Crippen molar-refractivity contribution in [2.24, 2.45) is 16.9 Å². The molecule has 2 fully saturated rings. The first-order valence-electron chi connectivity index (χ1n) is 4.85. The van der Waals surface area contributed by atoms with E-state index < -0.39 is 16.9 Å². The molecule has 0 aromatic rings. The van der Waals surface area contributed by atoms with E-state index in [0.717, 1.165) is 12.8 Å². The Morgan fingerprint density at radius 2 is 1.67 bits per heavy atom. The van der Waals surface area contributed by atoms with Gasteiger partial charge in [0.1, 0.15) is 5.41 Å². The van der Waals surface area contributed by atoms with Crippen LogP contribution in [0.1, 0.15) is 25.7 Å². The minimum Gasteiger partial charge on any atom is -0.391 e. The standard InChI is InChI=1S/C9H13N3O2S/c10-5(13)8(1-2-8)7(14)12-9(3-4-9)6(11)15/h1-4H2,(H2,10,13)(H2,11,15)(H,12,14). The van der Waals surface area contributed by atoms with Gasteiger partial charge in [-0.3, -0.25) is 9.59 Å². The Kier molecular flexibility index (Phi) is 2.01. The van der Waals surface area contributed by atoms with Gasteiger partial charge in [0.25, 0.3) is 0 Å². The van der Waals surface area contributed by atoms with E-state index in [4.69, 9.17) is 23.7 Å². The van der Waals surface area contributed by atoms with Gasteiger partial charge in [0.2, 0.25) is 11.8 Å². The predicted octanol–water partition coefficient (Wildman–Crippen LogP) is -0.813. The van der Waals surface area contributed by atoms with Crippen molar-refractivity contribution in [2.45, 2.75) is 31.2 Å². The first-order chi connectivity index (χ1) is 6.93. The van der Waals surface area contributed by atoms with Crippen LogP contribution in [0.3, 0.4) is 0 Å². The zero-order valence-electron chi connectivity index (χ0n) is 8.21. The van der Waals surface area contributed by atoms with Gasteiger partial charge in [-0.25, -0.2) is 0 Å². The third-order valence-corrected chi connectivity index (χ3v) is 3.62. The normalized spacial score (nSPS) is 24.0. The molecule has 15 heavy (non-hydrogen) atoms. The molecule has 0 bridgehead atoms. The van der Waals surface area contributed by atoms with Crippen LogP contribution in [0.15, 0.2) is 0 Å². The molecule has 0 saturated heterocycles. The number of carbonyl (C=O) groups is 2. The SMILES string of the molecule is NC(=O)C1(C(=O)NC2(C(N)=S)CC2)CC1. The van der Waals surface area contributed by atoms with Crippen LogP contribution in [0, 0.1) is 5.41 Å². The molecular weight excluding hydrogens is 214 g/mol. The minimum atomic E-state index is -0.986. The first-order valence-corrected chi connectivity index (χ1v) is 5.26. The third kappa shape index (κ3) is 1.49. The lowest BCUT2D eigenvalue weighted by Gasteiger charge is -2.19. The average Bonchev–Trinajstić information content (AvgIpc) is 2.99. The second-order valence-electron chi connectivity index (χ2n) is 4.35. The number of rotatable bonds is 4. The molecule has 0 atom stereocenters. The molecule has 5 N–H and O–H groups in total. The van der Waals surface area contributed by atoms with Crippen LogP contribution in [-0.4, -0.2) is 22.3 Å². The van der Waals surface area contributed by atoms with Crippen molar-refractivity contribution in [3.05, 3.63) is 0 Å². The van der Waals surface area contributed by atoms with E-state index in [-0.39, 0.29) is 10.9 Å². The molecule has 2 amide bonds. The second-order valence-corrected chi connectivity index (χ2v) is 4.79. The lowest BCUT2D eigenvalue weighted by molar-refractivity contribution is -0.135. The molecule has 5 nitrogen and oxygen atoms in total. The molecule has 0 radical (unpaired) electrons. The molecular formula is C9H13N3O2S. The number of primary amides is 1. The van der Waals surface area contributed by atoms with E-state index in [1.165, 1.54) is 0 Å². The fourth-order valence-electron chi connectivity index (χ4n) is 1.61. The highest BCUT2D eigenvalue weighted by molar-refractivity contribution is 7.80. The largest absolute Gasteiger partial charge is 0.391 e. The van der Waals surface area contributed by atoms with Crippen LogP contribution >= 0.6 is 12.2 Å². The summed E-state index contributed by atoms with van der Waals surface area (Å²) in [6.45, 7) is 0. The van der Waals surface area contributed by atoms with Gasteiger partial charge in [-0.05, 0) is 25.7 Å². The van der Waals surface area contributed by atoms with Crippen molar-refractivity contribution < 1.29 is 9.59 Å². The smallest absolute Gasteiger partial charge is 0.236 e. The van der Waals surface area contributed by atoms with E-state index in [1.54, 1.807) is 0 Å². The maximum atomic E-state index is 11.8. The number of nitrogens with one attached hydrogen (secondary N) is 1. The van der Waals surface area contributed by atoms with Gasteiger partial charge in [-0.15, -0.1) is 0 Å². The summed E-state index contributed by atoms with van der Waals surface area (Å²) in [6.07, 6.45) is 2.56. The fraction of sp³-hybridized carbons (Fsp3) is 0.667. The average molecular weight is 227 g/mol. The number of amides is 2. The summed E-state index contributed by atoms with van der Waals surface area (Å²) in [6, 6.07) is 0. The molecule has 0 aromatic carbocycles. The van der Waals surface area contributed by atoms with Crippen LogP contribution in [0.5, 0.6) is 0 Å². The molecule has 0 spiro atoms. The number of carbonyl (C=O) groups excluding carboxylic acids is 2. The predicted molar refractivity (Wildman–Crippen MR) is 57.8 cm³/mol. The van der Waals surface area contributed by atoms with Crippen LogP contribution in [-0.2, 0) is 9.59 Å². The van der Waals surface area contributed by atoms with E-state index in [2.05, 4.69) is 5.32 Å². The highest BCUT2D eigenvalue weighted by atomic mass is 32.1. The number of nitrogens with two attached hydrogens (primary N) is 2. The molecule has 0 aromatic heterocycles. The van der Waals surface area contributed by atoms with Gasteiger partial charge in [0.05, 0.1) is 10.5 Å². The molecule has 2 saturated carbocycles. The quantitative estimate of drug-likeness (QED) is 0.432. The highest BCUT2D eigenvalue weighted by Crippen LogP contribution is 2.47. The molecule has 0 aliphatic heterocycles. The molecule has 82 valence electrons. The van der Waals surface area contributed by atoms with E-state index in [1.807, 2.05) is 0 Å². The summed E-state index contributed by atoms with van der Waals surface area (Å²) in [7, 11) is 0. The zero-order chi connectivity index (χ0) is 11.3. The Labute approximate surface area is 92.6 Å². The van der Waals surface area contributed by atoms with Crippen molar-refractivity contribution >= 4 is 29.0 Å². The minimum absolute atomic E-state index is 0.288. The van der Waals surface area contributed by atoms with E-state index in [0.29, 0.717) is 12.8 Å². The van der Waals surface area contributed by atoms with Gasteiger partial charge in [0.15, 0.2) is 0 Å². The van der Waals surface area contributed by atoms with Crippen LogP contribution in [0.4, 0.5) is 0 Å². The number of hydrogen-bond donors (Lipinski definition) is 3. The summed E-state index contributed by atoms with van der Waals surface area (Å²) < 4.78 is 0. The molecule has 6 heteroatoms. The van der Waals surface area contributed by atoms with Crippen molar-refractivity contribution in [1.82, 2.24) is 5.32 Å². The Bertz CT molecular complexity index is 358. The molecule has 0 unspecified atom stereocenters. The maximum Gasteiger partial charge on any atom is 0.236 e. The summed E-state index contributed by atoms with van der Waals surface area (Å²) >= 11 is 4.87. The lowest BCUT2D eigenvalue weighted by Crippen LogP contribution is -2.51. The first kappa shape index (κ1) is 10.4. The third-order valence-electron chi connectivity index (χ3n) is 3.23. The maximum absolute atomic E-state index is 11.8. The van der Waals surface area contributed by atoms with Gasteiger partial charge >= 0.3 is 0 Å². The van der Waals surface area contributed by atoms with Crippen LogP contribution in [0.2, 0.25) is 0 Å². The summed E-state index contributed by atoms with van der Waals surface area (Å²) in [5.41, 5.74) is 9.18.